The van der Waals surface area contributed by atoms with Gasteiger partial charge in [0.2, 0.25) is 0 Å². The van der Waals surface area contributed by atoms with E-state index in [9.17, 15) is 0 Å². The van der Waals surface area contributed by atoms with Gasteiger partial charge in [-0.1, -0.05) is 40.6 Å². The molecule has 0 aliphatic rings. The first-order chi connectivity index (χ1) is 9.67. The van der Waals surface area contributed by atoms with E-state index in [0.29, 0.717) is 15.8 Å². The van der Waals surface area contributed by atoms with Crippen LogP contribution in [-0.4, -0.2) is 12.1 Å². The molecule has 1 aromatic heterocycles. The van der Waals surface area contributed by atoms with E-state index in [1.165, 1.54) is 11.3 Å². The molecule has 2 aromatic carbocycles. The zero-order chi connectivity index (χ0) is 14.1. The van der Waals surface area contributed by atoms with Crippen LogP contribution in [0.4, 0.5) is 10.8 Å². The van der Waals surface area contributed by atoms with E-state index in [1.54, 1.807) is 19.2 Å². The molecule has 0 saturated heterocycles. The lowest BCUT2D eigenvalue weighted by molar-refractivity contribution is 0.417. The quantitative estimate of drug-likeness (QED) is 0.704. The Bertz CT molecular complexity index is 773. The Balaban J connectivity index is 2.01. The van der Waals surface area contributed by atoms with Crippen molar-refractivity contribution in [3.05, 3.63) is 46.4 Å². The number of ether oxygens (including phenoxy) is 1. The van der Waals surface area contributed by atoms with E-state index < -0.39 is 0 Å². The van der Waals surface area contributed by atoms with Crippen LogP contribution in [0, 0.1) is 0 Å². The molecular weight excluding hydrogens is 315 g/mol. The lowest BCUT2D eigenvalue weighted by Gasteiger charge is -2.08. The summed E-state index contributed by atoms with van der Waals surface area (Å²) in [6.45, 7) is 0. The number of hydrogen-bond donors (Lipinski definition) is 1. The Kier molecular flexibility index (Phi) is 3.70. The lowest BCUT2D eigenvalue weighted by atomic mass is 10.3. The van der Waals surface area contributed by atoms with Gasteiger partial charge in [0.15, 0.2) is 5.13 Å². The molecule has 0 atom stereocenters. The average molecular weight is 325 g/mol. The van der Waals surface area contributed by atoms with Gasteiger partial charge in [-0.15, -0.1) is 0 Å². The van der Waals surface area contributed by atoms with Crippen molar-refractivity contribution in [3.8, 4) is 5.75 Å². The number of hydrogen-bond acceptors (Lipinski definition) is 4. The van der Waals surface area contributed by atoms with Gasteiger partial charge in [-0.25, -0.2) is 4.98 Å². The van der Waals surface area contributed by atoms with Crippen molar-refractivity contribution in [2.45, 2.75) is 0 Å². The summed E-state index contributed by atoms with van der Waals surface area (Å²) in [6, 6.07) is 11.1. The molecular formula is C14H10Cl2N2OS. The van der Waals surface area contributed by atoms with Crippen molar-refractivity contribution in [1.29, 1.82) is 0 Å². The Morgan fingerprint density at radius 1 is 1.20 bits per heavy atom. The molecule has 0 saturated carbocycles. The molecule has 102 valence electrons. The van der Waals surface area contributed by atoms with E-state index in [0.717, 1.165) is 21.0 Å². The maximum absolute atomic E-state index is 6.15. The Labute approximate surface area is 130 Å². The van der Waals surface area contributed by atoms with Gasteiger partial charge in [-0.05, 0) is 30.3 Å². The number of rotatable bonds is 3. The second kappa shape index (κ2) is 5.48. The highest BCUT2D eigenvalue weighted by Gasteiger charge is 2.09. The van der Waals surface area contributed by atoms with Gasteiger partial charge in [-0.2, -0.15) is 0 Å². The summed E-state index contributed by atoms with van der Waals surface area (Å²) in [5.74, 6) is 0.708. The van der Waals surface area contributed by atoms with Crippen LogP contribution in [0.2, 0.25) is 10.0 Å². The fourth-order valence-electron chi connectivity index (χ4n) is 1.86. The predicted octanol–water partition coefficient (Wildman–Crippen LogP) is 5.36. The highest BCUT2D eigenvalue weighted by molar-refractivity contribution is 7.22. The van der Waals surface area contributed by atoms with Crippen LogP contribution < -0.4 is 10.1 Å². The Morgan fingerprint density at radius 2 is 2.05 bits per heavy atom. The third kappa shape index (κ3) is 2.54. The number of nitrogens with one attached hydrogen (secondary N) is 1. The van der Waals surface area contributed by atoms with Gasteiger partial charge < -0.3 is 10.1 Å². The number of thiazole rings is 1. The number of fused-ring (bicyclic) bond motifs is 1. The third-order valence-electron chi connectivity index (χ3n) is 2.77. The summed E-state index contributed by atoms with van der Waals surface area (Å²) in [7, 11) is 1.61. The molecule has 0 radical (unpaired) electrons. The molecule has 1 N–H and O–H groups in total. The smallest absolute Gasteiger partial charge is 0.188 e. The summed E-state index contributed by atoms with van der Waals surface area (Å²) in [5.41, 5.74) is 1.64. The number of anilines is 2. The third-order valence-corrected chi connectivity index (χ3v) is 4.45. The SMILES string of the molecule is COc1ccc(Cl)cc1Nc1nc2cccc(Cl)c2s1. The normalized spacial score (nSPS) is 10.8. The van der Waals surface area contributed by atoms with Gasteiger partial charge >= 0.3 is 0 Å². The van der Waals surface area contributed by atoms with Crippen LogP contribution >= 0.6 is 34.5 Å². The Hall–Kier alpha value is -1.49. The Morgan fingerprint density at radius 3 is 2.80 bits per heavy atom. The molecule has 6 heteroatoms. The first-order valence-electron chi connectivity index (χ1n) is 5.83. The molecule has 0 fully saturated rings. The summed E-state index contributed by atoms with van der Waals surface area (Å²) in [6.07, 6.45) is 0. The van der Waals surface area contributed by atoms with Crippen molar-refractivity contribution in [2.24, 2.45) is 0 Å². The van der Waals surface area contributed by atoms with Crippen LogP contribution in [0.5, 0.6) is 5.75 Å². The summed E-state index contributed by atoms with van der Waals surface area (Å²) < 4.78 is 6.26. The number of methoxy groups -OCH3 is 1. The minimum Gasteiger partial charge on any atom is -0.495 e. The van der Waals surface area contributed by atoms with Gasteiger partial charge in [0.25, 0.3) is 0 Å². The zero-order valence-electron chi connectivity index (χ0n) is 10.5. The van der Waals surface area contributed by atoms with Crippen LogP contribution in [0.3, 0.4) is 0 Å². The first kappa shape index (κ1) is 13.5. The molecule has 3 nitrogen and oxygen atoms in total. The van der Waals surface area contributed by atoms with Crippen molar-refractivity contribution < 1.29 is 4.74 Å². The summed E-state index contributed by atoms with van der Waals surface area (Å²) in [4.78, 5) is 4.50. The minimum atomic E-state index is 0.632. The van der Waals surface area contributed by atoms with Crippen molar-refractivity contribution >= 4 is 55.6 Å². The second-order valence-electron chi connectivity index (χ2n) is 4.08. The summed E-state index contributed by atoms with van der Waals surface area (Å²) >= 11 is 13.7. The molecule has 0 aliphatic carbocycles. The highest BCUT2D eigenvalue weighted by Crippen LogP contribution is 2.36. The molecule has 0 aliphatic heterocycles. The van der Waals surface area contributed by atoms with Crippen molar-refractivity contribution in [1.82, 2.24) is 4.98 Å². The van der Waals surface area contributed by atoms with E-state index in [2.05, 4.69) is 10.3 Å². The van der Waals surface area contributed by atoms with E-state index >= 15 is 0 Å². The summed E-state index contributed by atoms with van der Waals surface area (Å²) in [5, 5.41) is 5.30. The van der Waals surface area contributed by atoms with Crippen LogP contribution in [0.15, 0.2) is 36.4 Å². The molecule has 3 aromatic rings. The van der Waals surface area contributed by atoms with Crippen LogP contribution in [0.25, 0.3) is 10.2 Å². The second-order valence-corrected chi connectivity index (χ2v) is 5.92. The number of nitrogens with zero attached hydrogens (tertiary/aromatic N) is 1. The highest BCUT2D eigenvalue weighted by atomic mass is 35.5. The predicted molar refractivity (Wildman–Crippen MR) is 85.9 cm³/mol. The molecule has 0 bridgehead atoms. The van der Waals surface area contributed by atoms with Crippen LogP contribution in [0.1, 0.15) is 0 Å². The topological polar surface area (TPSA) is 34.1 Å². The molecule has 1 heterocycles. The number of aromatic nitrogens is 1. The van der Waals surface area contributed by atoms with Crippen molar-refractivity contribution in [3.63, 3.8) is 0 Å². The monoisotopic (exact) mass is 324 g/mol. The van der Waals surface area contributed by atoms with E-state index in [1.807, 2.05) is 24.3 Å². The van der Waals surface area contributed by atoms with E-state index in [4.69, 9.17) is 27.9 Å². The molecule has 0 unspecified atom stereocenters. The largest absolute Gasteiger partial charge is 0.495 e. The number of benzene rings is 2. The fraction of sp³-hybridized carbons (Fsp3) is 0.0714. The maximum atomic E-state index is 6.15. The van der Waals surface area contributed by atoms with Gasteiger partial charge in [0.05, 0.1) is 28.0 Å². The van der Waals surface area contributed by atoms with Gasteiger partial charge in [0.1, 0.15) is 5.75 Å². The standard InChI is InChI=1S/C14H10Cl2N2OS/c1-19-12-6-5-8(15)7-11(12)18-14-17-10-4-2-3-9(16)13(10)20-14/h2-7H,1H3,(H,17,18). The zero-order valence-corrected chi connectivity index (χ0v) is 12.8. The van der Waals surface area contributed by atoms with E-state index in [-0.39, 0.29) is 0 Å². The molecule has 20 heavy (non-hydrogen) atoms. The first-order valence-corrected chi connectivity index (χ1v) is 7.40. The fourth-order valence-corrected chi connectivity index (χ4v) is 3.20. The van der Waals surface area contributed by atoms with Crippen LogP contribution in [-0.2, 0) is 0 Å². The molecule has 3 rings (SSSR count). The maximum Gasteiger partial charge on any atom is 0.188 e. The number of halogens is 2. The van der Waals surface area contributed by atoms with Gasteiger partial charge in [-0.3, -0.25) is 0 Å². The van der Waals surface area contributed by atoms with Crippen molar-refractivity contribution in [2.75, 3.05) is 12.4 Å². The average Bonchev–Trinajstić information content (AvgIpc) is 2.83. The van der Waals surface area contributed by atoms with Gasteiger partial charge in [0, 0.05) is 5.02 Å². The lowest BCUT2D eigenvalue weighted by Crippen LogP contribution is -1.93. The minimum absolute atomic E-state index is 0.632. The molecule has 0 amide bonds. The molecule has 0 spiro atoms.